The van der Waals surface area contributed by atoms with Crippen molar-refractivity contribution in [3.63, 3.8) is 0 Å². The van der Waals surface area contributed by atoms with Gasteiger partial charge in [0.05, 0.1) is 6.61 Å². The van der Waals surface area contributed by atoms with Gasteiger partial charge in [-0.1, -0.05) is 0 Å². The third-order valence-corrected chi connectivity index (χ3v) is 3.55. The van der Waals surface area contributed by atoms with Gasteiger partial charge in [-0.3, -0.25) is 4.57 Å². The van der Waals surface area contributed by atoms with Gasteiger partial charge in [-0.05, 0) is 22.5 Å². The minimum Gasteiger partial charge on any atom is -0.365 e. The van der Waals surface area contributed by atoms with E-state index < -0.39 is 11.7 Å². The van der Waals surface area contributed by atoms with Crippen LogP contribution in [0.15, 0.2) is 0 Å². The smallest absolute Gasteiger partial charge is 0.282 e. The minimum absolute atomic E-state index is 0.476. The molecule has 10 heavy (non-hydrogen) atoms. The van der Waals surface area contributed by atoms with Crippen molar-refractivity contribution in [1.29, 1.82) is 0 Å². The summed E-state index contributed by atoms with van der Waals surface area (Å²) < 4.78 is 16.0. The predicted octanol–water partition coefficient (Wildman–Crippen LogP) is 1.60. The third-order valence-electron chi connectivity index (χ3n) is 1.24. The van der Waals surface area contributed by atoms with Crippen LogP contribution in [0.4, 0.5) is 0 Å². The Morgan fingerprint density at radius 2 is 2.30 bits per heavy atom. The molecule has 0 amide bonds. The van der Waals surface area contributed by atoms with Crippen LogP contribution in [-0.4, -0.2) is 25.5 Å². The van der Waals surface area contributed by atoms with Crippen LogP contribution in [-0.2, 0) is 9.30 Å². The van der Waals surface area contributed by atoms with Crippen LogP contribution < -0.4 is 5.32 Å². The van der Waals surface area contributed by atoms with E-state index in [-0.39, 0.29) is 0 Å². The first-order valence-corrected chi connectivity index (χ1v) is 6.50. The molecule has 1 fully saturated rings. The average Bonchev–Trinajstić information content (AvgIpc) is 1.88. The summed E-state index contributed by atoms with van der Waals surface area (Å²) in [6, 6.07) is 0. The van der Waals surface area contributed by atoms with Gasteiger partial charge in [-0.25, -0.2) is 0 Å². The monoisotopic (exact) mass is 203 g/mol. The number of rotatable bonds is 1. The van der Waals surface area contributed by atoms with Gasteiger partial charge < -0.3 is 10.1 Å². The van der Waals surface area contributed by atoms with Gasteiger partial charge in [-0.15, -0.1) is 0 Å². The molecule has 1 atom stereocenters. The summed E-state index contributed by atoms with van der Waals surface area (Å²) in [5.74, 6) is -3.60. The van der Waals surface area contributed by atoms with Crippen molar-refractivity contribution in [3.8, 4) is 0 Å². The molecule has 1 aliphatic heterocycles. The average molecular weight is 204 g/mol. The van der Waals surface area contributed by atoms with Gasteiger partial charge in [0.25, 0.3) is 5.85 Å². The second-order valence-corrected chi connectivity index (χ2v) is 7.15. The number of halogens is 2. The number of morpholine rings is 1. The molecule has 1 rings (SSSR count). The maximum absolute atomic E-state index is 10.9. The number of hydrogen-bond acceptors (Lipinski definition) is 3. The normalized spacial score (nSPS) is 28.4. The molecule has 0 saturated carbocycles. The van der Waals surface area contributed by atoms with Crippen molar-refractivity contribution in [2.75, 3.05) is 19.7 Å². The van der Waals surface area contributed by atoms with Crippen LogP contribution in [0.3, 0.4) is 0 Å². The fourth-order valence-electron chi connectivity index (χ4n) is 0.745. The molecule has 1 N–H and O–H groups in total. The highest BCUT2D eigenvalue weighted by atomic mass is 35.9. The lowest BCUT2D eigenvalue weighted by Gasteiger charge is -2.23. The van der Waals surface area contributed by atoms with Crippen molar-refractivity contribution in [2.24, 2.45) is 0 Å². The highest BCUT2D eigenvalue weighted by Gasteiger charge is 2.30. The first-order valence-electron chi connectivity index (χ1n) is 2.92. The molecule has 60 valence electrons. The highest BCUT2D eigenvalue weighted by Crippen LogP contribution is 2.61. The summed E-state index contributed by atoms with van der Waals surface area (Å²) in [6.45, 7) is 1.77. The lowest BCUT2D eigenvalue weighted by atomic mass is 10.5. The van der Waals surface area contributed by atoms with Gasteiger partial charge >= 0.3 is 0 Å². The third kappa shape index (κ3) is 2.40. The van der Waals surface area contributed by atoms with Gasteiger partial charge in [0.2, 0.25) is 0 Å². The van der Waals surface area contributed by atoms with Crippen LogP contribution in [0.5, 0.6) is 0 Å². The van der Waals surface area contributed by atoms with Crippen LogP contribution >= 0.6 is 28.3 Å². The molecule has 0 aromatic heterocycles. The van der Waals surface area contributed by atoms with Crippen molar-refractivity contribution in [3.05, 3.63) is 0 Å². The SMILES string of the molecule is O=P(Cl)(Cl)C1CNCCO1. The molecule has 1 unspecified atom stereocenters. The predicted molar refractivity (Wildman–Crippen MR) is 41.9 cm³/mol. The van der Waals surface area contributed by atoms with Gasteiger partial charge in [-0.2, -0.15) is 0 Å². The van der Waals surface area contributed by atoms with E-state index in [9.17, 15) is 4.57 Å². The maximum Gasteiger partial charge on any atom is 0.282 e. The van der Waals surface area contributed by atoms with E-state index in [1.807, 2.05) is 0 Å². The Bertz CT molecular complexity index is 153. The number of nitrogens with one attached hydrogen (secondary N) is 1. The van der Waals surface area contributed by atoms with Crippen LogP contribution in [0.1, 0.15) is 0 Å². The van der Waals surface area contributed by atoms with E-state index in [4.69, 9.17) is 27.2 Å². The Morgan fingerprint density at radius 3 is 2.60 bits per heavy atom. The van der Waals surface area contributed by atoms with Crippen molar-refractivity contribution in [2.45, 2.75) is 5.85 Å². The molecule has 0 aliphatic carbocycles. The zero-order valence-electron chi connectivity index (χ0n) is 5.22. The molecule has 1 heterocycles. The molecule has 0 bridgehead atoms. The summed E-state index contributed by atoms with van der Waals surface area (Å²) in [5.41, 5.74) is 0. The second kappa shape index (κ2) is 3.42. The molecular weight excluding hydrogens is 196 g/mol. The van der Waals surface area contributed by atoms with Crippen molar-refractivity contribution in [1.82, 2.24) is 5.32 Å². The lowest BCUT2D eigenvalue weighted by molar-refractivity contribution is 0.0799. The first kappa shape index (κ1) is 8.82. The summed E-state index contributed by atoms with van der Waals surface area (Å²) in [6.07, 6.45) is 0. The fraction of sp³-hybridized carbons (Fsp3) is 1.00. The van der Waals surface area contributed by atoms with Crippen LogP contribution in [0.25, 0.3) is 0 Å². The molecule has 0 spiro atoms. The quantitative estimate of drug-likeness (QED) is 0.659. The van der Waals surface area contributed by atoms with Crippen molar-refractivity contribution >= 4 is 28.3 Å². The van der Waals surface area contributed by atoms with E-state index >= 15 is 0 Å². The summed E-state index contributed by atoms with van der Waals surface area (Å²) in [5, 5.41) is 2.98. The second-order valence-electron chi connectivity index (χ2n) is 2.03. The Labute approximate surface area is 69.0 Å². The van der Waals surface area contributed by atoms with E-state index in [0.29, 0.717) is 13.2 Å². The van der Waals surface area contributed by atoms with Crippen molar-refractivity contribution < 1.29 is 9.30 Å². The maximum atomic E-state index is 10.9. The summed E-state index contributed by atoms with van der Waals surface area (Å²) in [7, 11) is 0. The first-order chi connectivity index (χ1) is 4.61. The van der Waals surface area contributed by atoms with Gasteiger partial charge in [0.15, 0.2) is 0 Å². The largest absolute Gasteiger partial charge is 0.365 e. The Kier molecular flexibility index (Phi) is 3.02. The zero-order valence-corrected chi connectivity index (χ0v) is 7.62. The van der Waals surface area contributed by atoms with Crippen LogP contribution in [0.2, 0.25) is 0 Å². The lowest BCUT2D eigenvalue weighted by Crippen LogP contribution is -2.36. The number of ether oxygens (including phenoxy) is 1. The molecule has 1 saturated heterocycles. The topological polar surface area (TPSA) is 38.3 Å². The minimum atomic E-state index is -3.08. The molecule has 0 aromatic carbocycles. The number of hydrogen-bond donors (Lipinski definition) is 1. The van der Waals surface area contributed by atoms with Gasteiger partial charge in [0.1, 0.15) is 5.85 Å². The highest BCUT2D eigenvalue weighted by molar-refractivity contribution is 8.08. The molecule has 6 heteroatoms. The molecule has 1 aliphatic rings. The Hall–Kier alpha value is 0.730. The molecule has 3 nitrogen and oxygen atoms in total. The van der Waals surface area contributed by atoms with E-state index in [1.54, 1.807) is 0 Å². The summed E-state index contributed by atoms with van der Waals surface area (Å²) in [4.78, 5) is 0. The summed E-state index contributed by atoms with van der Waals surface area (Å²) >= 11 is 10.7. The zero-order chi connectivity index (χ0) is 7.61. The van der Waals surface area contributed by atoms with Crippen LogP contribution in [0, 0.1) is 0 Å². The Balaban J connectivity index is 2.47. The molecule has 0 radical (unpaired) electrons. The van der Waals surface area contributed by atoms with E-state index in [1.165, 1.54) is 0 Å². The molecule has 0 aromatic rings. The van der Waals surface area contributed by atoms with E-state index in [2.05, 4.69) is 5.32 Å². The molecular formula is C4H8Cl2NO2P. The Morgan fingerprint density at radius 1 is 1.60 bits per heavy atom. The van der Waals surface area contributed by atoms with E-state index in [0.717, 1.165) is 6.54 Å². The fourth-order valence-corrected chi connectivity index (χ4v) is 2.12. The standard InChI is InChI=1S/C4H8Cl2NO2P/c5-10(6,8)4-3-7-1-2-9-4/h4,7H,1-3H2. The van der Waals surface area contributed by atoms with Gasteiger partial charge in [0, 0.05) is 13.1 Å².